The van der Waals surface area contributed by atoms with Gasteiger partial charge in [-0.05, 0) is 18.4 Å². The minimum Gasteiger partial charge on any atom is -0.445 e. The van der Waals surface area contributed by atoms with E-state index in [1.54, 1.807) is 24.3 Å². The molecule has 0 saturated carbocycles. The summed E-state index contributed by atoms with van der Waals surface area (Å²) in [6.45, 7) is 0.366. The van der Waals surface area contributed by atoms with Gasteiger partial charge in [0.15, 0.2) is 11.9 Å². The van der Waals surface area contributed by atoms with Crippen LogP contribution in [0.4, 0.5) is 4.79 Å². The molecule has 1 aliphatic rings. The summed E-state index contributed by atoms with van der Waals surface area (Å²) in [7, 11) is 0. The maximum atomic E-state index is 12.7. The fourth-order valence-corrected chi connectivity index (χ4v) is 2.77. The van der Waals surface area contributed by atoms with Gasteiger partial charge in [-0.25, -0.2) is 9.78 Å². The first-order valence-electron chi connectivity index (χ1n) is 8.99. The second-order valence-electron chi connectivity index (χ2n) is 6.33. The van der Waals surface area contributed by atoms with Crippen LogP contribution in [0.1, 0.15) is 30.3 Å². The molecule has 0 spiro atoms. The van der Waals surface area contributed by atoms with Crippen molar-refractivity contribution in [2.24, 2.45) is 0 Å². The lowest BCUT2D eigenvalue weighted by atomic mass is 10.1. The molecule has 1 aliphatic heterocycles. The summed E-state index contributed by atoms with van der Waals surface area (Å²) in [5, 5.41) is 13.5. The number of amides is 3. The van der Waals surface area contributed by atoms with Crippen molar-refractivity contribution in [1.29, 1.82) is 0 Å². The van der Waals surface area contributed by atoms with E-state index >= 15 is 0 Å². The molecule has 152 valence electrons. The smallest absolute Gasteiger partial charge is 0.408 e. The number of aromatic amines is 1. The summed E-state index contributed by atoms with van der Waals surface area (Å²) < 4.78 is 5.13. The topological polar surface area (TPSA) is 155 Å². The van der Waals surface area contributed by atoms with Gasteiger partial charge in [-0.1, -0.05) is 30.3 Å². The third-order valence-electron chi connectivity index (χ3n) is 4.26. The predicted octanol–water partition coefficient (Wildman–Crippen LogP) is -0.264. The molecule has 4 N–H and O–H groups in total. The van der Waals surface area contributed by atoms with Gasteiger partial charge < -0.3 is 20.7 Å². The van der Waals surface area contributed by atoms with E-state index in [0.717, 1.165) is 5.56 Å². The number of H-pyrrole nitrogens is 1. The van der Waals surface area contributed by atoms with E-state index < -0.39 is 35.8 Å². The van der Waals surface area contributed by atoms with Crippen molar-refractivity contribution in [3.05, 3.63) is 48.0 Å². The number of nitrogens with one attached hydrogen (secondary N) is 4. The van der Waals surface area contributed by atoms with Gasteiger partial charge in [-0.2, -0.15) is 5.10 Å². The van der Waals surface area contributed by atoms with Crippen LogP contribution in [0.25, 0.3) is 0 Å². The van der Waals surface area contributed by atoms with Crippen LogP contribution >= 0.6 is 0 Å². The summed E-state index contributed by atoms with van der Waals surface area (Å²) in [6.07, 6.45) is 1.15. The zero-order chi connectivity index (χ0) is 20.6. The Morgan fingerprint density at radius 3 is 2.76 bits per heavy atom. The Balaban J connectivity index is 1.65. The lowest BCUT2D eigenvalue weighted by molar-refractivity contribution is -0.139. The molecule has 2 heterocycles. The highest BCUT2D eigenvalue weighted by Crippen LogP contribution is 2.11. The second-order valence-corrected chi connectivity index (χ2v) is 6.33. The Kier molecular flexibility index (Phi) is 6.51. The van der Waals surface area contributed by atoms with Crippen molar-refractivity contribution in [3.8, 4) is 0 Å². The predicted molar refractivity (Wildman–Crippen MR) is 98.1 cm³/mol. The molecule has 3 amide bonds. The number of ether oxygens (including phenoxy) is 1. The average Bonchev–Trinajstić information content (AvgIpc) is 3.22. The number of carbonyl (C=O) groups is 4. The molecule has 2 unspecified atom stereocenters. The van der Waals surface area contributed by atoms with Gasteiger partial charge in [0.25, 0.3) is 11.8 Å². The van der Waals surface area contributed by atoms with Crippen LogP contribution in [-0.2, 0) is 25.7 Å². The van der Waals surface area contributed by atoms with Crippen LogP contribution in [0.15, 0.2) is 36.7 Å². The highest BCUT2D eigenvalue weighted by molar-refractivity contribution is 6.38. The summed E-state index contributed by atoms with van der Waals surface area (Å²) in [6, 6.07) is 6.76. The van der Waals surface area contributed by atoms with E-state index in [9.17, 15) is 19.2 Å². The van der Waals surface area contributed by atoms with E-state index in [1.165, 1.54) is 6.33 Å². The van der Waals surface area contributed by atoms with Gasteiger partial charge in [0.2, 0.25) is 5.78 Å². The molecule has 3 rings (SSSR count). The number of nitrogens with zero attached hydrogens (tertiary/aromatic N) is 2. The van der Waals surface area contributed by atoms with Gasteiger partial charge >= 0.3 is 6.09 Å². The number of alkyl carbamates (subject to hydrolysis) is 1. The molecule has 0 radical (unpaired) electrons. The number of rotatable bonds is 6. The summed E-state index contributed by atoms with van der Waals surface area (Å²) in [5.41, 5.74) is 0.776. The molecule has 1 aromatic heterocycles. The van der Waals surface area contributed by atoms with E-state index in [2.05, 4.69) is 31.1 Å². The van der Waals surface area contributed by atoms with Gasteiger partial charge in [0.05, 0.1) is 6.04 Å². The lowest BCUT2D eigenvalue weighted by Crippen LogP contribution is -2.49. The Morgan fingerprint density at radius 2 is 2.03 bits per heavy atom. The van der Waals surface area contributed by atoms with Crippen LogP contribution in [0.2, 0.25) is 0 Å². The average molecular weight is 400 g/mol. The molecule has 0 aliphatic carbocycles. The van der Waals surface area contributed by atoms with E-state index in [-0.39, 0.29) is 12.4 Å². The van der Waals surface area contributed by atoms with Gasteiger partial charge in [-0.15, -0.1) is 0 Å². The third kappa shape index (κ3) is 5.37. The maximum Gasteiger partial charge on any atom is 0.408 e. The fourth-order valence-electron chi connectivity index (χ4n) is 2.77. The van der Waals surface area contributed by atoms with Crippen molar-refractivity contribution in [3.63, 3.8) is 0 Å². The standard InChI is InChI=1S/C18H20N6O5/c25-14-12(7-4-8-19-17(14)27)22-16(26)13(15-20-10-21-24-15)23-18(28)29-9-11-5-2-1-3-6-11/h1-3,5-6,10,12-13H,4,7-9H2,(H,19,27)(H,22,26)(H,23,28)(H,20,21,24). The molecule has 1 aromatic carbocycles. The van der Waals surface area contributed by atoms with E-state index in [1.807, 2.05) is 6.07 Å². The Bertz CT molecular complexity index is 870. The van der Waals surface area contributed by atoms with Gasteiger partial charge in [-0.3, -0.25) is 19.5 Å². The minimum atomic E-state index is -1.28. The van der Waals surface area contributed by atoms with Crippen molar-refractivity contribution in [2.75, 3.05) is 6.54 Å². The monoisotopic (exact) mass is 400 g/mol. The van der Waals surface area contributed by atoms with E-state index in [4.69, 9.17) is 4.74 Å². The molecule has 11 heteroatoms. The SMILES string of the molecule is O=C(NC(C(=O)NC1CCCNC(=O)C1=O)c1ncn[nH]1)OCc1ccccc1. The van der Waals surface area contributed by atoms with Crippen molar-refractivity contribution < 1.29 is 23.9 Å². The van der Waals surface area contributed by atoms with Crippen LogP contribution in [0, 0.1) is 0 Å². The molecule has 1 saturated heterocycles. The molecular formula is C18H20N6O5. The number of carbonyl (C=O) groups excluding carboxylic acids is 4. The Hall–Kier alpha value is -3.76. The number of hydrogen-bond acceptors (Lipinski definition) is 7. The number of hydrogen-bond donors (Lipinski definition) is 4. The second kappa shape index (κ2) is 9.44. The van der Waals surface area contributed by atoms with E-state index in [0.29, 0.717) is 19.4 Å². The quantitative estimate of drug-likeness (QED) is 0.487. The third-order valence-corrected chi connectivity index (χ3v) is 4.26. The Morgan fingerprint density at radius 1 is 1.24 bits per heavy atom. The van der Waals surface area contributed by atoms with Crippen LogP contribution in [-0.4, -0.2) is 51.5 Å². The molecule has 0 bridgehead atoms. The first-order chi connectivity index (χ1) is 14.0. The number of Topliss-reactive ketones (excluding diaryl/α,β-unsaturated/α-hetero) is 1. The van der Waals surface area contributed by atoms with Gasteiger partial charge in [0.1, 0.15) is 12.9 Å². The van der Waals surface area contributed by atoms with Crippen molar-refractivity contribution in [2.45, 2.75) is 31.5 Å². The fraction of sp³-hybridized carbons (Fsp3) is 0.333. The molecule has 11 nitrogen and oxygen atoms in total. The molecule has 2 aromatic rings. The van der Waals surface area contributed by atoms with Crippen LogP contribution < -0.4 is 16.0 Å². The van der Waals surface area contributed by atoms with Crippen LogP contribution in [0.3, 0.4) is 0 Å². The normalized spacial score (nSPS) is 17.6. The number of ketones is 1. The van der Waals surface area contributed by atoms with Crippen molar-refractivity contribution >= 4 is 23.7 Å². The zero-order valence-electron chi connectivity index (χ0n) is 15.4. The van der Waals surface area contributed by atoms with Gasteiger partial charge in [0, 0.05) is 6.54 Å². The zero-order valence-corrected chi connectivity index (χ0v) is 15.4. The highest BCUT2D eigenvalue weighted by atomic mass is 16.5. The lowest BCUT2D eigenvalue weighted by Gasteiger charge is -2.20. The first-order valence-corrected chi connectivity index (χ1v) is 8.99. The summed E-state index contributed by atoms with van der Waals surface area (Å²) >= 11 is 0. The summed E-state index contributed by atoms with van der Waals surface area (Å²) in [5.74, 6) is -2.14. The molecular weight excluding hydrogens is 380 g/mol. The highest BCUT2D eigenvalue weighted by Gasteiger charge is 2.33. The maximum absolute atomic E-state index is 12.7. The minimum absolute atomic E-state index is 0.0126. The summed E-state index contributed by atoms with van der Waals surface area (Å²) in [4.78, 5) is 52.6. The van der Waals surface area contributed by atoms with Crippen molar-refractivity contribution in [1.82, 2.24) is 31.1 Å². The number of benzene rings is 1. The van der Waals surface area contributed by atoms with Crippen LogP contribution in [0.5, 0.6) is 0 Å². The first kappa shape index (κ1) is 20.0. The number of aromatic nitrogens is 3. The molecule has 29 heavy (non-hydrogen) atoms. The molecule has 1 fully saturated rings. The Labute approximate surface area is 165 Å². The molecule has 2 atom stereocenters. The largest absolute Gasteiger partial charge is 0.445 e.